The smallest absolute Gasteiger partial charge is 0.260 e. The van der Waals surface area contributed by atoms with Gasteiger partial charge in [0.15, 0.2) is 5.13 Å². The lowest BCUT2D eigenvalue weighted by atomic mass is 10.2. The molecule has 1 aliphatic rings. The van der Waals surface area contributed by atoms with E-state index in [0.29, 0.717) is 33.6 Å². The van der Waals surface area contributed by atoms with E-state index in [1.54, 1.807) is 41.3 Å². The maximum absolute atomic E-state index is 14.0. The lowest BCUT2D eigenvalue weighted by molar-refractivity contribution is 0.0917. The molecule has 4 rings (SSSR count). The van der Waals surface area contributed by atoms with Crippen LogP contribution < -0.4 is 4.90 Å². The van der Waals surface area contributed by atoms with Crippen molar-refractivity contribution in [2.24, 2.45) is 0 Å². The molecule has 2 aromatic carbocycles. The van der Waals surface area contributed by atoms with Gasteiger partial charge in [-0.05, 0) is 49.2 Å². The summed E-state index contributed by atoms with van der Waals surface area (Å²) >= 11 is 7.23. The van der Waals surface area contributed by atoms with E-state index in [2.05, 4.69) is 4.98 Å². The van der Waals surface area contributed by atoms with Crippen molar-refractivity contribution in [1.82, 2.24) is 4.98 Å². The molecule has 1 amide bonds. The van der Waals surface area contributed by atoms with Gasteiger partial charge in [-0.3, -0.25) is 9.69 Å². The summed E-state index contributed by atoms with van der Waals surface area (Å²) in [4.78, 5) is 19.1. The fraction of sp³-hybridized carbons (Fsp3) is 0.263. The minimum absolute atomic E-state index is 0.0388. The quantitative estimate of drug-likeness (QED) is 0.635. The molecule has 0 saturated carbocycles. The highest BCUT2D eigenvalue weighted by Crippen LogP contribution is 2.32. The SMILES string of the molecule is O=C(c1ccc(Cl)cc1)N(CC1CCCO1)c1nc2c(F)cccc2s1. The first-order chi connectivity index (χ1) is 12.6. The number of fused-ring (bicyclic) bond motifs is 1. The molecule has 0 spiro atoms. The van der Waals surface area contributed by atoms with Gasteiger partial charge in [-0.25, -0.2) is 9.37 Å². The monoisotopic (exact) mass is 390 g/mol. The predicted molar refractivity (Wildman–Crippen MR) is 102 cm³/mol. The van der Waals surface area contributed by atoms with Gasteiger partial charge in [0, 0.05) is 17.2 Å². The van der Waals surface area contributed by atoms with E-state index < -0.39 is 0 Å². The van der Waals surface area contributed by atoms with Crippen molar-refractivity contribution in [1.29, 1.82) is 0 Å². The van der Waals surface area contributed by atoms with Crippen LogP contribution in [0.2, 0.25) is 5.02 Å². The molecule has 26 heavy (non-hydrogen) atoms. The van der Waals surface area contributed by atoms with Crippen molar-refractivity contribution in [3.05, 3.63) is 58.9 Å². The molecule has 4 nitrogen and oxygen atoms in total. The first kappa shape index (κ1) is 17.4. The van der Waals surface area contributed by atoms with Gasteiger partial charge in [0.2, 0.25) is 0 Å². The average Bonchev–Trinajstić information content (AvgIpc) is 3.30. The van der Waals surface area contributed by atoms with Crippen LogP contribution in [0.25, 0.3) is 10.2 Å². The van der Waals surface area contributed by atoms with E-state index in [1.807, 2.05) is 0 Å². The first-order valence-corrected chi connectivity index (χ1v) is 9.55. The zero-order valence-electron chi connectivity index (χ0n) is 13.8. The Morgan fingerprint density at radius 3 is 2.81 bits per heavy atom. The standard InChI is InChI=1S/C19H16ClFN2O2S/c20-13-8-6-12(7-9-13)18(24)23(11-14-3-2-10-25-14)19-22-17-15(21)4-1-5-16(17)26-19/h1,4-9,14H,2-3,10-11H2. The summed E-state index contributed by atoms with van der Waals surface area (Å²) in [6.45, 7) is 1.09. The van der Waals surface area contributed by atoms with Crippen LogP contribution in [-0.4, -0.2) is 30.1 Å². The van der Waals surface area contributed by atoms with Crippen LogP contribution in [0.1, 0.15) is 23.2 Å². The van der Waals surface area contributed by atoms with Gasteiger partial charge >= 0.3 is 0 Å². The molecular weight excluding hydrogens is 375 g/mol. The predicted octanol–water partition coefficient (Wildman–Crippen LogP) is 4.91. The Morgan fingerprint density at radius 2 is 2.12 bits per heavy atom. The number of anilines is 1. The Morgan fingerprint density at radius 1 is 1.31 bits per heavy atom. The van der Waals surface area contributed by atoms with Crippen LogP contribution >= 0.6 is 22.9 Å². The minimum atomic E-state index is -0.388. The third-order valence-corrected chi connectivity index (χ3v) is 5.63. The van der Waals surface area contributed by atoms with Gasteiger partial charge in [0.05, 0.1) is 17.3 Å². The van der Waals surface area contributed by atoms with Gasteiger partial charge in [-0.1, -0.05) is 29.0 Å². The second kappa shape index (κ2) is 7.31. The number of amides is 1. The van der Waals surface area contributed by atoms with Crippen molar-refractivity contribution in [2.75, 3.05) is 18.1 Å². The maximum atomic E-state index is 14.0. The lowest BCUT2D eigenvalue weighted by Crippen LogP contribution is -2.37. The number of nitrogens with zero attached hydrogens (tertiary/aromatic N) is 2. The summed E-state index contributed by atoms with van der Waals surface area (Å²) in [5.74, 6) is -0.586. The number of ether oxygens (including phenoxy) is 1. The van der Waals surface area contributed by atoms with Crippen molar-refractivity contribution < 1.29 is 13.9 Å². The Balaban J connectivity index is 1.72. The minimum Gasteiger partial charge on any atom is -0.376 e. The Hall–Kier alpha value is -2.02. The number of carbonyl (C=O) groups excluding carboxylic acids is 1. The van der Waals surface area contributed by atoms with Crippen molar-refractivity contribution in [3.8, 4) is 0 Å². The molecule has 134 valence electrons. The van der Waals surface area contributed by atoms with Gasteiger partial charge < -0.3 is 4.74 Å². The zero-order valence-corrected chi connectivity index (χ0v) is 15.4. The molecule has 3 aromatic rings. The third kappa shape index (κ3) is 3.45. The fourth-order valence-electron chi connectivity index (χ4n) is 3.01. The van der Waals surface area contributed by atoms with E-state index in [1.165, 1.54) is 17.4 Å². The number of hydrogen-bond donors (Lipinski definition) is 0. The number of rotatable bonds is 4. The third-order valence-electron chi connectivity index (χ3n) is 4.34. The first-order valence-electron chi connectivity index (χ1n) is 8.36. The van der Waals surface area contributed by atoms with E-state index in [9.17, 15) is 9.18 Å². The van der Waals surface area contributed by atoms with Crippen LogP contribution in [0.15, 0.2) is 42.5 Å². The Bertz CT molecular complexity index is 938. The second-order valence-corrected chi connectivity index (χ2v) is 7.59. The average molecular weight is 391 g/mol. The number of thiazole rings is 1. The number of para-hydroxylation sites is 1. The Labute approximate surface area is 159 Å². The Kier molecular flexibility index (Phi) is 4.89. The molecule has 1 saturated heterocycles. The normalized spacial score (nSPS) is 16.9. The van der Waals surface area contributed by atoms with E-state index in [4.69, 9.17) is 16.3 Å². The molecular formula is C19H16ClFN2O2S. The summed E-state index contributed by atoms with van der Waals surface area (Å²) in [6.07, 6.45) is 1.83. The number of benzene rings is 2. The van der Waals surface area contributed by atoms with Crippen molar-refractivity contribution in [2.45, 2.75) is 18.9 Å². The molecule has 1 aromatic heterocycles. The summed E-state index contributed by atoms with van der Waals surface area (Å²) in [7, 11) is 0. The maximum Gasteiger partial charge on any atom is 0.260 e. The largest absolute Gasteiger partial charge is 0.376 e. The molecule has 2 heterocycles. The van der Waals surface area contributed by atoms with E-state index in [-0.39, 0.29) is 23.3 Å². The molecule has 0 aliphatic carbocycles. The van der Waals surface area contributed by atoms with Crippen molar-refractivity contribution >= 4 is 44.2 Å². The van der Waals surface area contributed by atoms with Crippen LogP contribution in [0, 0.1) is 5.82 Å². The van der Waals surface area contributed by atoms with Crippen LogP contribution in [0.3, 0.4) is 0 Å². The van der Waals surface area contributed by atoms with E-state index >= 15 is 0 Å². The second-order valence-electron chi connectivity index (χ2n) is 6.14. The highest BCUT2D eigenvalue weighted by molar-refractivity contribution is 7.22. The summed E-state index contributed by atoms with van der Waals surface area (Å²) in [5, 5.41) is 1.04. The molecule has 0 radical (unpaired) electrons. The highest BCUT2D eigenvalue weighted by Gasteiger charge is 2.27. The molecule has 0 N–H and O–H groups in total. The number of hydrogen-bond acceptors (Lipinski definition) is 4. The number of halogens is 2. The van der Waals surface area contributed by atoms with Crippen molar-refractivity contribution in [3.63, 3.8) is 0 Å². The van der Waals surface area contributed by atoms with Gasteiger partial charge in [-0.2, -0.15) is 0 Å². The van der Waals surface area contributed by atoms with Gasteiger partial charge in [0.1, 0.15) is 11.3 Å². The topological polar surface area (TPSA) is 42.4 Å². The molecule has 0 bridgehead atoms. The molecule has 1 fully saturated rings. The van der Waals surface area contributed by atoms with Crippen LogP contribution in [-0.2, 0) is 4.74 Å². The zero-order chi connectivity index (χ0) is 18.1. The van der Waals surface area contributed by atoms with Crippen LogP contribution in [0.4, 0.5) is 9.52 Å². The molecule has 1 unspecified atom stereocenters. The van der Waals surface area contributed by atoms with Gasteiger partial charge in [0.25, 0.3) is 5.91 Å². The molecule has 1 aliphatic heterocycles. The van der Waals surface area contributed by atoms with Gasteiger partial charge in [-0.15, -0.1) is 0 Å². The summed E-state index contributed by atoms with van der Waals surface area (Å²) in [5.41, 5.74) is 0.792. The molecule has 7 heteroatoms. The summed E-state index contributed by atoms with van der Waals surface area (Å²) < 4.78 is 20.4. The number of carbonyl (C=O) groups is 1. The highest BCUT2D eigenvalue weighted by atomic mass is 35.5. The number of aromatic nitrogens is 1. The van der Waals surface area contributed by atoms with E-state index in [0.717, 1.165) is 12.8 Å². The van der Waals surface area contributed by atoms with Crippen LogP contribution in [0.5, 0.6) is 0 Å². The summed E-state index contributed by atoms with van der Waals surface area (Å²) in [6, 6.07) is 11.5. The molecule has 1 atom stereocenters. The fourth-order valence-corrected chi connectivity index (χ4v) is 4.12. The lowest BCUT2D eigenvalue weighted by Gasteiger charge is -2.23.